The maximum absolute atomic E-state index is 12.4. The molecule has 0 spiro atoms. The standard InChI is InChI=1S/C31H31ClN4O2S/c32-25-8-6-22(7-9-25)26-4-2-1-3-23(26)19-35-15-13-34(14-16-35)18-21-5-10-27-24(17-21)20-36(31(27)39)28-11-12-29(37)33-30(28)38/h1-10,17,28H,11-16,18-20H2,(H,33,37,38). The molecule has 3 aliphatic heterocycles. The van der Waals surface area contributed by atoms with Crippen LogP contribution < -0.4 is 5.32 Å². The number of fused-ring (bicyclic) bond motifs is 1. The first kappa shape index (κ1) is 26.1. The van der Waals surface area contributed by atoms with Gasteiger partial charge in [0, 0.05) is 62.8 Å². The highest BCUT2D eigenvalue weighted by atomic mass is 35.5. The van der Waals surface area contributed by atoms with Crippen LogP contribution in [-0.2, 0) is 29.2 Å². The van der Waals surface area contributed by atoms with E-state index in [1.54, 1.807) is 0 Å². The van der Waals surface area contributed by atoms with Crippen molar-refractivity contribution in [1.29, 1.82) is 0 Å². The SMILES string of the molecule is O=C1CCC(N2Cc3cc(CN4CCN(Cc5ccccc5-c5ccc(Cl)cc5)CC4)ccc3C2=S)C(=O)N1. The van der Waals surface area contributed by atoms with Crippen molar-refractivity contribution in [1.82, 2.24) is 20.0 Å². The average Bonchev–Trinajstić information content (AvgIpc) is 3.26. The number of carbonyl (C=O) groups excluding carboxylic acids is 2. The van der Waals surface area contributed by atoms with Gasteiger partial charge >= 0.3 is 0 Å². The van der Waals surface area contributed by atoms with Crippen molar-refractivity contribution in [2.75, 3.05) is 26.2 Å². The van der Waals surface area contributed by atoms with Crippen LogP contribution in [0.3, 0.4) is 0 Å². The largest absolute Gasteiger partial charge is 0.346 e. The van der Waals surface area contributed by atoms with Crippen molar-refractivity contribution in [3.8, 4) is 11.1 Å². The minimum Gasteiger partial charge on any atom is -0.346 e. The van der Waals surface area contributed by atoms with Crippen molar-refractivity contribution in [3.63, 3.8) is 0 Å². The summed E-state index contributed by atoms with van der Waals surface area (Å²) < 4.78 is 0. The molecule has 0 saturated carbocycles. The summed E-state index contributed by atoms with van der Waals surface area (Å²) in [4.78, 5) is 31.7. The van der Waals surface area contributed by atoms with Gasteiger partial charge in [-0.25, -0.2) is 0 Å². The van der Waals surface area contributed by atoms with Crippen LogP contribution in [0.4, 0.5) is 0 Å². The smallest absolute Gasteiger partial charge is 0.249 e. The van der Waals surface area contributed by atoms with Gasteiger partial charge in [0.25, 0.3) is 0 Å². The third-order valence-corrected chi connectivity index (χ3v) is 8.73. The second kappa shape index (κ2) is 11.2. The Kier molecular flexibility index (Phi) is 7.49. The van der Waals surface area contributed by atoms with Gasteiger partial charge in [-0.2, -0.15) is 0 Å². The van der Waals surface area contributed by atoms with Crippen molar-refractivity contribution in [2.45, 2.75) is 38.5 Å². The van der Waals surface area contributed by atoms with Crippen molar-refractivity contribution < 1.29 is 9.59 Å². The van der Waals surface area contributed by atoms with Crippen molar-refractivity contribution >= 4 is 40.6 Å². The molecular formula is C31H31ClN4O2S. The molecule has 0 bridgehead atoms. The lowest BCUT2D eigenvalue weighted by Gasteiger charge is -2.35. The van der Waals surface area contributed by atoms with E-state index in [-0.39, 0.29) is 17.9 Å². The third-order valence-electron chi connectivity index (χ3n) is 8.03. The molecule has 3 aromatic rings. The van der Waals surface area contributed by atoms with Gasteiger partial charge in [-0.3, -0.25) is 24.7 Å². The Hall–Kier alpha value is -3.10. The van der Waals surface area contributed by atoms with E-state index in [0.717, 1.165) is 49.9 Å². The van der Waals surface area contributed by atoms with E-state index in [1.165, 1.54) is 27.8 Å². The Bertz CT molecular complexity index is 1420. The molecule has 2 amide bonds. The Balaban J connectivity index is 1.06. The molecular weight excluding hydrogens is 528 g/mol. The van der Waals surface area contributed by atoms with Gasteiger partial charge in [0.2, 0.25) is 11.8 Å². The zero-order valence-corrected chi connectivity index (χ0v) is 23.3. The number of piperazine rings is 1. The van der Waals surface area contributed by atoms with Gasteiger partial charge in [-0.1, -0.05) is 78.4 Å². The Morgan fingerprint density at radius 3 is 2.33 bits per heavy atom. The lowest BCUT2D eigenvalue weighted by atomic mass is 9.99. The highest BCUT2D eigenvalue weighted by Crippen LogP contribution is 2.30. The number of benzene rings is 3. The van der Waals surface area contributed by atoms with Crippen LogP contribution in [0.25, 0.3) is 11.1 Å². The topological polar surface area (TPSA) is 55.9 Å². The molecule has 1 N–H and O–H groups in total. The zero-order valence-electron chi connectivity index (χ0n) is 21.7. The molecule has 1 atom stereocenters. The van der Waals surface area contributed by atoms with E-state index in [9.17, 15) is 9.59 Å². The number of halogens is 1. The number of piperidine rings is 1. The summed E-state index contributed by atoms with van der Waals surface area (Å²) in [5.41, 5.74) is 7.26. The first-order chi connectivity index (χ1) is 18.9. The van der Waals surface area contributed by atoms with E-state index < -0.39 is 0 Å². The fourth-order valence-electron chi connectivity index (χ4n) is 5.90. The van der Waals surface area contributed by atoms with E-state index in [0.29, 0.717) is 24.4 Å². The van der Waals surface area contributed by atoms with Crippen LogP contribution in [0.2, 0.25) is 5.02 Å². The fraction of sp³-hybridized carbons (Fsp3) is 0.323. The molecule has 0 radical (unpaired) electrons. The minimum atomic E-state index is -0.371. The predicted molar refractivity (Wildman–Crippen MR) is 157 cm³/mol. The molecule has 6 nitrogen and oxygen atoms in total. The monoisotopic (exact) mass is 558 g/mol. The van der Waals surface area contributed by atoms with Gasteiger partial charge < -0.3 is 4.90 Å². The van der Waals surface area contributed by atoms with E-state index >= 15 is 0 Å². The summed E-state index contributed by atoms with van der Waals surface area (Å²) in [6.45, 7) is 6.52. The number of hydrogen-bond donors (Lipinski definition) is 1. The molecule has 39 heavy (non-hydrogen) atoms. The van der Waals surface area contributed by atoms with E-state index in [2.05, 4.69) is 69.7 Å². The van der Waals surface area contributed by atoms with Crippen LogP contribution in [0, 0.1) is 0 Å². The second-order valence-electron chi connectivity index (χ2n) is 10.6. The van der Waals surface area contributed by atoms with Gasteiger partial charge in [-0.05, 0) is 46.4 Å². The number of hydrogen-bond acceptors (Lipinski definition) is 5. The van der Waals surface area contributed by atoms with Crippen LogP contribution in [0.1, 0.15) is 35.1 Å². The number of thiocarbonyl (C=S) groups is 1. The Morgan fingerprint density at radius 1 is 0.872 bits per heavy atom. The second-order valence-corrected chi connectivity index (χ2v) is 11.4. The minimum absolute atomic E-state index is 0.202. The quantitative estimate of drug-likeness (QED) is 0.352. The summed E-state index contributed by atoms with van der Waals surface area (Å²) in [6.07, 6.45) is 0.871. The normalized spacial score (nSPS) is 20.3. The number of nitrogens with zero attached hydrogens (tertiary/aromatic N) is 3. The molecule has 2 fully saturated rings. The average molecular weight is 559 g/mol. The van der Waals surface area contributed by atoms with Gasteiger partial charge in [0.15, 0.2) is 0 Å². The lowest BCUT2D eigenvalue weighted by molar-refractivity contribution is -0.136. The first-order valence-electron chi connectivity index (χ1n) is 13.5. The van der Waals surface area contributed by atoms with Crippen LogP contribution in [-0.4, -0.2) is 63.7 Å². The molecule has 1 unspecified atom stereocenters. The summed E-state index contributed by atoms with van der Waals surface area (Å²) in [6, 6.07) is 22.8. The first-order valence-corrected chi connectivity index (χ1v) is 14.3. The van der Waals surface area contributed by atoms with Crippen molar-refractivity contribution in [3.05, 3.63) is 94.0 Å². The van der Waals surface area contributed by atoms with Gasteiger partial charge in [0.05, 0.1) is 0 Å². The number of imide groups is 1. The molecule has 200 valence electrons. The molecule has 2 saturated heterocycles. The zero-order chi connectivity index (χ0) is 26.9. The summed E-state index contributed by atoms with van der Waals surface area (Å²) in [7, 11) is 0. The van der Waals surface area contributed by atoms with Crippen LogP contribution in [0.5, 0.6) is 0 Å². The van der Waals surface area contributed by atoms with Crippen LogP contribution >= 0.6 is 23.8 Å². The fourth-order valence-corrected chi connectivity index (χ4v) is 6.42. The number of carbonyl (C=O) groups is 2. The lowest BCUT2D eigenvalue weighted by Crippen LogP contribution is -2.52. The summed E-state index contributed by atoms with van der Waals surface area (Å²) >= 11 is 11.8. The summed E-state index contributed by atoms with van der Waals surface area (Å²) in [5.74, 6) is -0.442. The number of rotatable bonds is 6. The molecule has 3 aromatic carbocycles. The molecule has 3 heterocycles. The molecule has 6 rings (SSSR count). The predicted octanol–water partition coefficient (Wildman–Crippen LogP) is 4.62. The van der Waals surface area contributed by atoms with E-state index in [4.69, 9.17) is 23.8 Å². The maximum atomic E-state index is 12.4. The van der Waals surface area contributed by atoms with Gasteiger partial charge in [-0.15, -0.1) is 0 Å². The Labute approximate surface area is 239 Å². The van der Waals surface area contributed by atoms with Crippen LogP contribution in [0.15, 0.2) is 66.7 Å². The molecule has 0 aliphatic carbocycles. The van der Waals surface area contributed by atoms with E-state index in [1.807, 2.05) is 17.0 Å². The highest BCUT2D eigenvalue weighted by molar-refractivity contribution is 7.80. The maximum Gasteiger partial charge on any atom is 0.249 e. The van der Waals surface area contributed by atoms with Crippen molar-refractivity contribution in [2.24, 2.45) is 0 Å². The molecule has 0 aromatic heterocycles. The highest BCUT2D eigenvalue weighted by Gasteiger charge is 2.37. The Morgan fingerprint density at radius 2 is 1.59 bits per heavy atom. The number of amides is 2. The molecule has 3 aliphatic rings. The summed E-state index contributed by atoms with van der Waals surface area (Å²) in [5, 5.41) is 3.21. The number of nitrogens with one attached hydrogen (secondary N) is 1. The van der Waals surface area contributed by atoms with Gasteiger partial charge in [0.1, 0.15) is 11.0 Å². The third kappa shape index (κ3) is 5.63. The molecule has 8 heteroatoms.